The molecule has 0 radical (unpaired) electrons. The average Bonchev–Trinajstić information content (AvgIpc) is 3.00. The normalized spacial score (nSPS) is 14.0. The molecule has 15 heteroatoms. The molecule has 2 aromatic carbocycles. The highest BCUT2D eigenvalue weighted by atomic mass is 32.2. The van der Waals surface area contributed by atoms with Crippen LogP contribution in [-0.2, 0) is 16.6 Å². The van der Waals surface area contributed by atoms with Gasteiger partial charge in [0.05, 0.1) is 23.8 Å². The number of anilines is 3. The first-order valence-corrected chi connectivity index (χ1v) is 16.5. The van der Waals surface area contributed by atoms with E-state index in [1.54, 1.807) is 23.1 Å². The summed E-state index contributed by atoms with van der Waals surface area (Å²) in [7, 11) is -3.55. The van der Waals surface area contributed by atoms with Crippen LogP contribution in [0.2, 0.25) is 0 Å². The number of ether oxygens (including phenoxy) is 1. The number of hydrogen-bond donors (Lipinski definition) is 3. The first-order valence-electron chi connectivity index (χ1n) is 14.6. The van der Waals surface area contributed by atoms with Crippen LogP contribution in [0.1, 0.15) is 34.6 Å². The maximum Gasteiger partial charge on any atom is 0.326 e. The molecule has 12 nitrogen and oxygen atoms in total. The van der Waals surface area contributed by atoms with Crippen molar-refractivity contribution in [1.29, 1.82) is 0 Å². The zero-order valence-corrected chi connectivity index (χ0v) is 26.4. The van der Waals surface area contributed by atoms with Crippen LogP contribution < -0.4 is 25.4 Å². The van der Waals surface area contributed by atoms with Gasteiger partial charge < -0.3 is 15.8 Å². The van der Waals surface area contributed by atoms with E-state index < -0.39 is 33.6 Å². The van der Waals surface area contributed by atoms with Crippen molar-refractivity contribution in [3.05, 3.63) is 102 Å². The highest BCUT2D eigenvalue weighted by Gasteiger charge is 2.30. The van der Waals surface area contributed by atoms with Gasteiger partial charge in [0.25, 0.3) is 5.91 Å². The fraction of sp³-hybridized carbons (Fsp3) is 0.250. The number of benzene rings is 2. The summed E-state index contributed by atoms with van der Waals surface area (Å²) in [6.45, 7) is 3.70. The lowest BCUT2D eigenvalue weighted by molar-refractivity contribution is 0.0995. The van der Waals surface area contributed by atoms with Crippen LogP contribution >= 0.6 is 0 Å². The molecule has 1 aliphatic rings. The molecule has 0 spiro atoms. The largest absolute Gasteiger partial charge is 0.436 e. The minimum atomic E-state index is -3.55. The number of urea groups is 1. The molecule has 0 atom stereocenters. The Morgan fingerprint density at radius 2 is 1.79 bits per heavy atom. The van der Waals surface area contributed by atoms with E-state index in [4.69, 9.17) is 10.5 Å². The van der Waals surface area contributed by atoms with E-state index in [1.165, 1.54) is 42.6 Å². The summed E-state index contributed by atoms with van der Waals surface area (Å²) < 4.78 is 59.4. The van der Waals surface area contributed by atoms with Crippen molar-refractivity contribution in [3.8, 4) is 11.6 Å². The molecule has 246 valence electrons. The number of likely N-dealkylation sites (tertiary alicyclic amines) is 1. The maximum absolute atomic E-state index is 14.6. The number of nitrogens with zero attached hydrogens (tertiary/aromatic N) is 4. The molecule has 4 aromatic rings. The van der Waals surface area contributed by atoms with Crippen molar-refractivity contribution in [2.75, 3.05) is 34.3 Å². The van der Waals surface area contributed by atoms with Gasteiger partial charge in [0.15, 0.2) is 11.6 Å². The van der Waals surface area contributed by atoms with Crippen LogP contribution in [0.4, 0.5) is 30.6 Å². The number of carbonyl (C=O) groups is 2. The van der Waals surface area contributed by atoms with Crippen LogP contribution in [0.15, 0.2) is 72.9 Å². The third kappa shape index (κ3) is 8.77. The molecular formula is C32H33F2N7O5S. The lowest BCUT2D eigenvalue weighted by atomic mass is 10.0. The first kappa shape index (κ1) is 33.2. The standard InChI is InChI=1S/C32H33F2N7O5S/c1-20-21(6-11-30(37-20)46-29-10-8-23(17-27(29)34)39-47(2,44)45)19-40-14-12-25(13-15-40)41(26-5-3-4-22(33)16-26)32(43)38-24-7-9-28(31(35)42)36-18-24/h3-11,16-18,25,39H,12-15,19H2,1-2H3,(H2,35,42)(H,38,43). The second kappa shape index (κ2) is 14.1. The van der Waals surface area contributed by atoms with Crippen LogP contribution in [0.5, 0.6) is 11.6 Å². The number of aryl methyl sites for hydroxylation is 1. The molecule has 1 fully saturated rings. The Kier molecular flexibility index (Phi) is 9.96. The summed E-state index contributed by atoms with van der Waals surface area (Å²) in [5.74, 6) is -1.82. The predicted molar refractivity (Wildman–Crippen MR) is 173 cm³/mol. The van der Waals surface area contributed by atoms with Gasteiger partial charge in [-0.2, -0.15) is 0 Å². The topological polar surface area (TPSA) is 160 Å². The Hall–Kier alpha value is -5.15. The molecule has 4 N–H and O–H groups in total. The molecule has 0 unspecified atom stereocenters. The third-order valence-electron chi connectivity index (χ3n) is 7.51. The number of halogens is 2. The number of aromatic nitrogens is 2. The van der Waals surface area contributed by atoms with Crippen LogP contribution in [0.25, 0.3) is 0 Å². The van der Waals surface area contributed by atoms with Crippen molar-refractivity contribution in [2.24, 2.45) is 5.73 Å². The zero-order valence-electron chi connectivity index (χ0n) is 25.6. The Bertz CT molecular complexity index is 1890. The van der Waals surface area contributed by atoms with Gasteiger partial charge in [-0.05, 0) is 67.8 Å². The Morgan fingerprint density at radius 1 is 1.04 bits per heavy atom. The molecule has 5 rings (SSSR count). The smallest absolute Gasteiger partial charge is 0.326 e. The number of sulfonamides is 1. The molecule has 1 aliphatic heterocycles. The van der Waals surface area contributed by atoms with E-state index in [0.717, 1.165) is 17.9 Å². The zero-order chi connectivity index (χ0) is 33.7. The van der Waals surface area contributed by atoms with Gasteiger partial charge in [-0.1, -0.05) is 12.1 Å². The molecule has 0 bridgehead atoms. The van der Waals surface area contributed by atoms with E-state index in [1.807, 2.05) is 13.0 Å². The monoisotopic (exact) mass is 665 g/mol. The minimum absolute atomic E-state index is 0.0647. The van der Waals surface area contributed by atoms with Gasteiger partial charge in [-0.15, -0.1) is 0 Å². The summed E-state index contributed by atoms with van der Waals surface area (Å²) in [6.07, 6.45) is 3.53. The molecule has 3 heterocycles. The molecule has 47 heavy (non-hydrogen) atoms. The number of hydrogen-bond acceptors (Lipinski definition) is 8. The minimum Gasteiger partial charge on any atom is -0.436 e. The average molecular weight is 666 g/mol. The van der Waals surface area contributed by atoms with Crippen molar-refractivity contribution in [3.63, 3.8) is 0 Å². The van der Waals surface area contributed by atoms with Crippen LogP contribution in [0.3, 0.4) is 0 Å². The van der Waals surface area contributed by atoms with Crippen molar-refractivity contribution < 1.29 is 31.5 Å². The summed E-state index contributed by atoms with van der Waals surface area (Å²) in [5, 5.41) is 2.78. The number of nitrogens with two attached hydrogens (primary N) is 1. The van der Waals surface area contributed by atoms with Crippen LogP contribution in [0, 0.1) is 18.6 Å². The number of primary amides is 1. The molecule has 1 saturated heterocycles. The number of pyridine rings is 2. The van der Waals surface area contributed by atoms with Crippen molar-refractivity contribution in [2.45, 2.75) is 32.4 Å². The third-order valence-corrected chi connectivity index (χ3v) is 8.11. The van der Waals surface area contributed by atoms with Crippen LogP contribution in [-0.4, -0.2) is 60.6 Å². The highest BCUT2D eigenvalue weighted by molar-refractivity contribution is 7.92. The summed E-state index contributed by atoms with van der Waals surface area (Å²) in [5.41, 5.74) is 7.80. The summed E-state index contributed by atoms with van der Waals surface area (Å²) in [6, 6.07) is 15.3. The van der Waals surface area contributed by atoms with Crippen molar-refractivity contribution in [1.82, 2.24) is 14.9 Å². The van der Waals surface area contributed by atoms with Gasteiger partial charge in [0.2, 0.25) is 15.9 Å². The number of rotatable bonds is 10. The van der Waals surface area contributed by atoms with E-state index in [2.05, 4.69) is 24.9 Å². The van der Waals surface area contributed by atoms with E-state index in [9.17, 15) is 26.8 Å². The van der Waals surface area contributed by atoms with Gasteiger partial charge in [-0.25, -0.2) is 32.0 Å². The van der Waals surface area contributed by atoms with E-state index in [0.29, 0.717) is 49.5 Å². The molecular weight excluding hydrogens is 632 g/mol. The maximum atomic E-state index is 14.6. The molecule has 0 aliphatic carbocycles. The number of carbonyl (C=O) groups excluding carboxylic acids is 2. The van der Waals surface area contributed by atoms with Gasteiger partial charge >= 0.3 is 6.03 Å². The summed E-state index contributed by atoms with van der Waals surface area (Å²) >= 11 is 0. The number of amides is 3. The number of piperidine rings is 1. The Labute approximate surface area is 270 Å². The molecule has 0 saturated carbocycles. The first-order chi connectivity index (χ1) is 22.3. The second-order valence-electron chi connectivity index (χ2n) is 11.1. The number of nitrogens with one attached hydrogen (secondary N) is 2. The summed E-state index contributed by atoms with van der Waals surface area (Å²) in [4.78, 5) is 37.1. The Balaban J connectivity index is 1.22. The Morgan fingerprint density at radius 3 is 2.40 bits per heavy atom. The SMILES string of the molecule is Cc1nc(Oc2ccc(NS(C)(=O)=O)cc2F)ccc1CN1CCC(N(C(=O)Nc2ccc(C(N)=O)nc2)c2cccc(F)c2)CC1. The molecule has 2 aromatic heterocycles. The van der Waals surface area contributed by atoms with Gasteiger partial charge in [0, 0.05) is 49.2 Å². The van der Waals surface area contributed by atoms with Crippen molar-refractivity contribution >= 4 is 39.0 Å². The van der Waals surface area contributed by atoms with Gasteiger partial charge in [0.1, 0.15) is 11.5 Å². The lowest BCUT2D eigenvalue weighted by Crippen LogP contribution is -2.49. The quantitative estimate of drug-likeness (QED) is 0.213. The predicted octanol–water partition coefficient (Wildman–Crippen LogP) is 5.03. The lowest BCUT2D eigenvalue weighted by Gasteiger charge is -2.38. The van der Waals surface area contributed by atoms with E-state index in [-0.39, 0.29) is 29.1 Å². The molecule has 3 amide bonds. The highest BCUT2D eigenvalue weighted by Crippen LogP contribution is 2.29. The van der Waals surface area contributed by atoms with E-state index >= 15 is 0 Å². The van der Waals surface area contributed by atoms with Gasteiger partial charge in [-0.3, -0.25) is 19.3 Å². The second-order valence-corrected chi connectivity index (χ2v) is 12.8. The fourth-order valence-electron chi connectivity index (χ4n) is 5.26. The fourth-order valence-corrected chi connectivity index (χ4v) is 5.81.